The molecule has 128 valence electrons. The van der Waals surface area contributed by atoms with E-state index in [-0.39, 0.29) is 11.8 Å². The van der Waals surface area contributed by atoms with Gasteiger partial charge in [-0.25, -0.2) is 4.98 Å². The van der Waals surface area contributed by atoms with Gasteiger partial charge in [-0.1, -0.05) is 18.9 Å². The van der Waals surface area contributed by atoms with Crippen LogP contribution in [0.15, 0.2) is 33.6 Å². The molecule has 1 amide bonds. The van der Waals surface area contributed by atoms with Crippen LogP contribution in [0.5, 0.6) is 5.88 Å². The fraction of sp³-hybridized carbons (Fsp3) is 0.529. The van der Waals surface area contributed by atoms with Crippen LogP contribution in [0.4, 0.5) is 5.69 Å². The van der Waals surface area contributed by atoms with Crippen LogP contribution in [0, 0.1) is 10.8 Å². The summed E-state index contributed by atoms with van der Waals surface area (Å²) in [7, 11) is 1.51. The lowest BCUT2D eigenvalue weighted by molar-refractivity contribution is -0.121. The van der Waals surface area contributed by atoms with Gasteiger partial charge in [0.05, 0.1) is 7.11 Å². The molecule has 0 aliphatic heterocycles. The number of rotatable bonds is 6. The number of amides is 1. The van der Waals surface area contributed by atoms with Crippen molar-refractivity contribution in [2.24, 2.45) is 11.1 Å². The van der Waals surface area contributed by atoms with Gasteiger partial charge in [0.15, 0.2) is 0 Å². The number of hydrogen-bond acceptors (Lipinski definition) is 5. The van der Waals surface area contributed by atoms with Crippen LogP contribution in [0.25, 0.3) is 0 Å². The standard InChI is InChI=1S/C17H20BrN3O3/c1-24-15-10-13(9-14(18)20-15)19-16(22)17(21-23,12-7-4-8-12)11-5-2-3-6-11/h7,9-11H,2-6,8H2,1H3,(H,19,20,22). The quantitative estimate of drug-likeness (QED) is 0.445. The van der Waals surface area contributed by atoms with Crippen molar-refractivity contribution in [2.75, 3.05) is 12.4 Å². The molecule has 6 nitrogen and oxygen atoms in total. The van der Waals surface area contributed by atoms with Crippen LogP contribution >= 0.6 is 15.9 Å². The zero-order chi connectivity index (χ0) is 17.2. The summed E-state index contributed by atoms with van der Waals surface area (Å²) in [6, 6.07) is 3.31. The molecule has 1 saturated carbocycles. The fourth-order valence-electron chi connectivity index (χ4n) is 3.62. The van der Waals surface area contributed by atoms with Crippen molar-refractivity contribution in [3.63, 3.8) is 0 Å². The molecule has 1 aromatic rings. The summed E-state index contributed by atoms with van der Waals surface area (Å²) in [6.45, 7) is 0. The highest BCUT2D eigenvalue weighted by molar-refractivity contribution is 9.10. The summed E-state index contributed by atoms with van der Waals surface area (Å²) in [5, 5.41) is 6.25. The normalized spacial score (nSPS) is 19.8. The second-order valence-electron chi connectivity index (χ2n) is 6.28. The van der Waals surface area contributed by atoms with E-state index in [1.165, 1.54) is 7.11 Å². The van der Waals surface area contributed by atoms with E-state index < -0.39 is 5.54 Å². The first-order valence-electron chi connectivity index (χ1n) is 8.17. The Bertz CT molecular complexity index is 686. The van der Waals surface area contributed by atoms with E-state index in [1.807, 2.05) is 6.08 Å². The predicted octanol–water partition coefficient (Wildman–Crippen LogP) is 4.21. The average molecular weight is 394 g/mol. The first-order chi connectivity index (χ1) is 11.6. The molecule has 0 bridgehead atoms. The molecule has 1 N–H and O–H groups in total. The number of ether oxygens (including phenoxy) is 1. The topological polar surface area (TPSA) is 80.6 Å². The van der Waals surface area contributed by atoms with Crippen molar-refractivity contribution in [2.45, 2.75) is 44.1 Å². The summed E-state index contributed by atoms with van der Waals surface area (Å²) < 4.78 is 5.67. The van der Waals surface area contributed by atoms with Gasteiger partial charge in [-0.15, -0.1) is 4.91 Å². The molecule has 0 saturated heterocycles. The lowest BCUT2D eigenvalue weighted by Crippen LogP contribution is -2.49. The number of carbonyl (C=O) groups excluding carboxylic acids is 1. The Morgan fingerprint density at radius 2 is 2.12 bits per heavy atom. The second-order valence-corrected chi connectivity index (χ2v) is 7.09. The molecule has 24 heavy (non-hydrogen) atoms. The SMILES string of the molecule is COc1cc(NC(=O)C(N=O)(C2=CCC2)C2CCCC2)cc(Br)n1. The summed E-state index contributed by atoms with van der Waals surface area (Å²) >= 11 is 3.29. The summed E-state index contributed by atoms with van der Waals surface area (Å²) in [5.41, 5.74) is 0.115. The van der Waals surface area contributed by atoms with Crippen molar-refractivity contribution in [1.29, 1.82) is 0 Å². The number of methoxy groups -OCH3 is 1. The van der Waals surface area contributed by atoms with Crippen LogP contribution in [-0.4, -0.2) is 23.5 Å². The van der Waals surface area contributed by atoms with Gasteiger partial charge in [0.1, 0.15) is 4.60 Å². The molecular formula is C17H20BrN3O3. The first kappa shape index (κ1) is 17.1. The third kappa shape index (κ3) is 2.97. The van der Waals surface area contributed by atoms with Gasteiger partial charge >= 0.3 is 0 Å². The maximum atomic E-state index is 13.1. The van der Waals surface area contributed by atoms with Crippen molar-refractivity contribution >= 4 is 27.5 Å². The zero-order valence-corrected chi connectivity index (χ0v) is 15.1. The van der Waals surface area contributed by atoms with Crippen molar-refractivity contribution < 1.29 is 9.53 Å². The molecule has 1 aromatic heterocycles. The molecule has 1 heterocycles. The maximum absolute atomic E-state index is 13.1. The molecule has 7 heteroatoms. The highest BCUT2D eigenvalue weighted by atomic mass is 79.9. The highest BCUT2D eigenvalue weighted by Gasteiger charge is 2.52. The molecule has 2 aliphatic carbocycles. The predicted molar refractivity (Wildman–Crippen MR) is 94.9 cm³/mol. The van der Waals surface area contributed by atoms with E-state index >= 15 is 0 Å². The highest BCUT2D eigenvalue weighted by Crippen LogP contribution is 2.46. The van der Waals surface area contributed by atoms with Crippen LogP contribution in [0.3, 0.4) is 0 Å². The molecule has 2 aliphatic rings. The molecule has 0 radical (unpaired) electrons. The third-order valence-corrected chi connectivity index (χ3v) is 5.37. The summed E-state index contributed by atoms with van der Waals surface area (Å²) in [4.78, 5) is 29.1. The number of allylic oxidation sites excluding steroid dienone is 1. The molecule has 3 rings (SSSR count). The van der Waals surface area contributed by atoms with Gasteiger partial charge in [0.2, 0.25) is 11.4 Å². The van der Waals surface area contributed by atoms with E-state index in [0.29, 0.717) is 16.2 Å². The number of nitroso groups, excluding NO2 is 1. The number of nitrogens with zero attached hydrogens (tertiary/aromatic N) is 2. The van der Waals surface area contributed by atoms with Gasteiger partial charge in [-0.05, 0) is 58.4 Å². The second kappa shape index (κ2) is 7.01. The van der Waals surface area contributed by atoms with Crippen LogP contribution in [-0.2, 0) is 4.79 Å². The van der Waals surface area contributed by atoms with Crippen molar-refractivity contribution in [1.82, 2.24) is 4.98 Å². The number of anilines is 1. The number of hydrogen-bond donors (Lipinski definition) is 1. The molecular weight excluding hydrogens is 374 g/mol. The van der Waals surface area contributed by atoms with Crippen LogP contribution in [0.1, 0.15) is 38.5 Å². The minimum absolute atomic E-state index is 0.0197. The number of pyridine rings is 1. The monoisotopic (exact) mass is 393 g/mol. The van der Waals surface area contributed by atoms with Crippen molar-refractivity contribution in [3.05, 3.63) is 33.3 Å². The van der Waals surface area contributed by atoms with E-state index in [9.17, 15) is 9.70 Å². The Labute approximate surface area is 149 Å². The molecule has 1 fully saturated rings. The fourth-order valence-corrected chi connectivity index (χ4v) is 4.04. The van der Waals surface area contributed by atoms with E-state index in [0.717, 1.165) is 44.1 Å². The molecule has 1 unspecified atom stereocenters. The number of nitrogens with one attached hydrogen (secondary N) is 1. The average Bonchev–Trinajstić information content (AvgIpc) is 3.04. The summed E-state index contributed by atoms with van der Waals surface area (Å²) in [5.74, 6) is 0.0114. The number of aromatic nitrogens is 1. The Kier molecular flexibility index (Phi) is 4.99. The molecule has 0 spiro atoms. The lowest BCUT2D eigenvalue weighted by Gasteiger charge is -2.36. The van der Waals surface area contributed by atoms with Gasteiger partial charge in [-0.3, -0.25) is 4.79 Å². The minimum atomic E-state index is -1.28. The number of halogens is 1. The maximum Gasteiger partial charge on any atom is 0.260 e. The first-order valence-corrected chi connectivity index (χ1v) is 8.96. The Hall–Kier alpha value is -1.76. The Morgan fingerprint density at radius 3 is 2.67 bits per heavy atom. The Balaban J connectivity index is 1.92. The van der Waals surface area contributed by atoms with Gasteiger partial charge in [0, 0.05) is 17.7 Å². The third-order valence-electron chi connectivity index (χ3n) is 4.97. The van der Waals surface area contributed by atoms with E-state index in [2.05, 4.69) is 31.4 Å². The molecule has 0 aromatic carbocycles. The Morgan fingerprint density at radius 1 is 1.42 bits per heavy atom. The van der Waals surface area contributed by atoms with Crippen molar-refractivity contribution in [3.8, 4) is 5.88 Å². The van der Waals surface area contributed by atoms with Gasteiger partial charge in [0.25, 0.3) is 5.91 Å². The summed E-state index contributed by atoms with van der Waals surface area (Å²) in [6.07, 6.45) is 7.44. The smallest absolute Gasteiger partial charge is 0.260 e. The van der Waals surface area contributed by atoms with E-state index in [4.69, 9.17) is 4.74 Å². The molecule has 1 atom stereocenters. The zero-order valence-electron chi connectivity index (χ0n) is 13.5. The largest absolute Gasteiger partial charge is 0.481 e. The van der Waals surface area contributed by atoms with Crippen LogP contribution in [0.2, 0.25) is 0 Å². The minimum Gasteiger partial charge on any atom is -0.481 e. The van der Waals surface area contributed by atoms with E-state index in [1.54, 1.807) is 12.1 Å². The van der Waals surface area contributed by atoms with Crippen LogP contribution < -0.4 is 10.1 Å². The van der Waals surface area contributed by atoms with Gasteiger partial charge in [-0.2, -0.15) is 0 Å². The van der Waals surface area contributed by atoms with Gasteiger partial charge < -0.3 is 10.1 Å². The lowest BCUT2D eigenvalue weighted by atomic mass is 9.71. The number of carbonyl (C=O) groups is 1.